The van der Waals surface area contributed by atoms with Gasteiger partial charge in [0.2, 0.25) is 0 Å². The van der Waals surface area contributed by atoms with E-state index in [9.17, 15) is 4.79 Å². The first kappa shape index (κ1) is 29.1. The molecule has 0 unspecified atom stereocenters. The van der Waals surface area contributed by atoms with Crippen molar-refractivity contribution in [1.82, 2.24) is 14.8 Å². The van der Waals surface area contributed by atoms with Crippen LogP contribution in [0.1, 0.15) is 51.1 Å². The molecule has 6 heteroatoms. The van der Waals surface area contributed by atoms with Crippen molar-refractivity contribution in [3.05, 3.63) is 131 Å². The predicted molar refractivity (Wildman–Crippen MR) is 169 cm³/mol. The van der Waals surface area contributed by atoms with E-state index in [1.807, 2.05) is 41.4 Å². The van der Waals surface area contributed by atoms with Crippen LogP contribution in [0.2, 0.25) is 0 Å². The van der Waals surface area contributed by atoms with Gasteiger partial charge in [0.15, 0.2) is 0 Å². The van der Waals surface area contributed by atoms with Gasteiger partial charge in [-0.05, 0) is 77.8 Å². The van der Waals surface area contributed by atoms with E-state index in [1.165, 1.54) is 16.7 Å². The number of likely N-dealkylation sites (tertiary alicyclic amines) is 1. The van der Waals surface area contributed by atoms with Gasteiger partial charge in [-0.3, -0.25) is 14.7 Å². The minimum atomic E-state index is 0.114. The van der Waals surface area contributed by atoms with Crippen LogP contribution in [0.15, 0.2) is 97.2 Å². The van der Waals surface area contributed by atoms with E-state index in [1.54, 1.807) is 0 Å². The molecule has 3 aromatic carbocycles. The van der Waals surface area contributed by atoms with Crippen molar-refractivity contribution in [3.63, 3.8) is 0 Å². The number of benzene rings is 3. The van der Waals surface area contributed by atoms with Crippen LogP contribution in [0.3, 0.4) is 0 Å². The summed E-state index contributed by atoms with van der Waals surface area (Å²) in [5.74, 6) is 1.56. The lowest BCUT2D eigenvalue weighted by atomic mass is 9.90. The molecule has 2 aliphatic heterocycles. The van der Waals surface area contributed by atoms with Crippen LogP contribution >= 0.6 is 0 Å². The number of amides is 1. The maximum Gasteiger partial charge on any atom is 0.253 e. The fraction of sp³-hybridized carbons (Fsp3) is 0.351. The number of piperidine rings is 1. The van der Waals surface area contributed by atoms with Gasteiger partial charge in [0.1, 0.15) is 12.4 Å². The lowest BCUT2D eigenvalue weighted by Crippen LogP contribution is -2.39. The monoisotopic (exact) mass is 575 g/mol. The maximum atomic E-state index is 13.6. The van der Waals surface area contributed by atoms with Crippen molar-refractivity contribution in [2.24, 2.45) is 5.92 Å². The van der Waals surface area contributed by atoms with Gasteiger partial charge in [-0.25, -0.2) is 0 Å². The summed E-state index contributed by atoms with van der Waals surface area (Å²) in [5.41, 5.74) is 6.66. The molecule has 2 aliphatic rings. The summed E-state index contributed by atoms with van der Waals surface area (Å²) >= 11 is 0. The van der Waals surface area contributed by atoms with Crippen LogP contribution in [0, 0.1) is 5.92 Å². The van der Waals surface area contributed by atoms with Gasteiger partial charge in [0, 0.05) is 50.9 Å². The third-order valence-corrected chi connectivity index (χ3v) is 8.52. The van der Waals surface area contributed by atoms with Crippen molar-refractivity contribution in [2.45, 2.75) is 38.8 Å². The van der Waals surface area contributed by atoms with Crippen molar-refractivity contribution in [1.29, 1.82) is 0 Å². The molecule has 222 valence electrons. The topological polar surface area (TPSA) is 54.9 Å². The van der Waals surface area contributed by atoms with Crippen LogP contribution in [0.5, 0.6) is 5.75 Å². The Morgan fingerprint density at radius 3 is 2.49 bits per heavy atom. The molecule has 6 nitrogen and oxygen atoms in total. The van der Waals surface area contributed by atoms with Crippen LogP contribution < -0.4 is 4.74 Å². The molecule has 3 heterocycles. The third-order valence-electron chi connectivity index (χ3n) is 8.52. The van der Waals surface area contributed by atoms with E-state index in [0.717, 1.165) is 74.6 Å². The van der Waals surface area contributed by atoms with E-state index in [2.05, 4.69) is 70.5 Å². The zero-order valence-electron chi connectivity index (χ0n) is 24.9. The Hall–Kier alpha value is -4.00. The summed E-state index contributed by atoms with van der Waals surface area (Å²) in [7, 11) is 0. The van der Waals surface area contributed by atoms with Crippen molar-refractivity contribution >= 4 is 5.91 Å². The molecule has 0 atom stereocenters. The minimum Gasteiger partial charge on any atom is -0.491 e. The number of hydrogen-bond acceptors (Lipinski definition) is 5. The summed E-state index contributed by atoms with van der Waals surface area (Å²) in [4.78, 5) is 22.6. The second kappa shape index (κ2) is 14.5. The molecule has 0 saturated carbocycles. The fourth-order valence-corrected chi connectivity index (χ4v) is 6.22. The first-order chi connectivity index (χ1) is 21.2. The number of hydrogen-bond donors (Lipinski definition) is 0. The van der Waals surface area contributed by atoms with Gasteiger partial charge in [-0.1, -0.05) is 60.7 Å². The van der Waals surface area contributed by atoms with Crippen LogP contribution in [0.4, 0.5) is 0 Å². The van der Waals surface area contributed by atoms with Crippen molar-refractivity contribution in [2.75, 3.05) is 39.5 Å². The summed E-state index contributed by atoms with van der Waals surface area (Å²) in [5, 5.41) is 0. The minimum absolute atomic E-state index is 0.114. The molecule has 1 fully saturated rings. The largest absolute Gasteiger partial charge is 0.491 e. The Morgan fingerprint density at radius 1 is 0.814 bits per heavy atom. The summed E-state index contributed by atoms with van der Waals surface area (Å²) in [6, 6.07) is 31.4. The number of rotatable bonds is 5. The second-order valence-electron chi connectivity index (χ2n) is 11.7. The second-order valence-corrected chi connectivity index (χ2v) is 11.7. The normalized spacial score (nSPS) is 17.0. The average molecular weight is 576 g/mol. The number of aromatic nitrogens is 1. The van der Waals surface area contributed by atoms with Crippen molar-refractivity contribution in [3.8, 4) is 5.75 Å². The van der Waals surface area contributed by atoms with E-state index >= 15 is 0 Å². The molecule has 1 aromatic heterocycles. The first-order valence-corrected chi connectivity index (χ1v) is 15.6. The molecule has 4 aromatic rings. The number of carbonyl (C=O) groups excluding carboxylic acids is 1. The molecule has 1 saturated heterocycles. The number of nitrogens with zero attached hydrogens (tertiary/aromatic N) is 3. The highest BCUT2D eigenvalue weighted by molar-refractivity contribution is 5.94. The molecule has 0 aliphatic carbocycles. The Bertz CT molecular complexity index is 1470. The molecule has 0 radical (unpaired) electrons. The highest BCUT2D eigenvalue weighted by atomic mass is 16.5. The molecule has 6 rings (SSSR count). The maximum absolute atomic E-state index is 13.6. The standard InChI is InChI=1S/C37H41N3O3/c41-37(40-17-14-30(15-18-40)23-29-7-2-1-3-8-29)33-12-13-36-34(26-33)25-31-9-6-10-32(24-31)27-39(19-20-42-21-22-43-36)28-35-11-4-5-16-38-35/h1-13,16,24,26,30H,14-15,17-23,25,27-28H2. The molecule has 0 N–H and O–H groups in total. The third kappa shape index (κ3) is 8.09. The SMILES string of the molecule is O=C(c1ccc2c(c1)Cc1cccc(c1)CN(Cc1ccccn1)CCOCCO2)N1CCC(Cc2ccccc2)CC1. The van der Waals surface area contributed by atoms with Gasteiger partial charge in [0.25, 0.3) is 5.91 Å². The van der Waals surface area contributed by atoms with E-state index < -0.39 is 0 Å². The number of ether oxygens (including phenoxy) is 2. The molecule has 1 amide bonds. The van der Waals surface area contributed by atoms with Gasteiger partial charge in [0.05, 0.1) is 18.9 Å². The quantitative estimate of drug-likeness (QED) is 0.285. The Balaban J connectivity index is 1.15. The van der Waals surface area contributed by atoms with Crippen molar-refractivity contribution < 1.29 is 14.3 Å². The molecular weight excluding hydrogens is 534 g/mol. The zero-order chi connectivity index (χ0) is 29.3. The van der Waals surface area contributed by atoms with E-state index in [-0.39, 0.29) is 5.91 Å². The number of carbonyl (C=O) groups is 1. The fourth-order valence-electron chi connectivity index (χ4n) is 6.22. The van der Waals surface area contributed by atoms with Crippen LogP contribution in [-0.2, 0) is 30.7 Å². The van der Waals surface area contributed by atoms with Crippen LogP contribution in [-0.4, -0.2) is 60.1 Å². The molecule has 2 bridgehead atoms. The van der Waals surface area contributed by atoms with Gasteiger partial charge in [-0.15, -0.1) is 0 Å². The van der Waals surface area contributed by atoms with E-state index in [0.29, 0.717) is 32.2 Å². The lowest BCUT2D eigenvalue weighted by molar-refractivity contribution is 0.0689. The average Bonchev–Trinajstić information content (AvgIpc) is 3.04. The van der Waals surface area contributed by atoms with Crippen LogP contribution in [0.25, 0.3) is 0 Å². The summed E-state index contributed by atoms with van der Waals surface area (Å²) in [6.45, 7) is 5.61. The van der Waals surface area contributed by atoms with Gasteiger partial charge in [-0.2, -0.15) is 0 Å². The van der Waals surface area contributed by atoms with Gasteiger partial charge < -0.3 is 14.4 Å². The zero-order valence-corrected chi connectivity index (χ0v) is 24.9. The summed E-state index contributed by atoms with van der Waals surface area (Å²) in [6.07, 6.45) is 5.71. The highest BCUT2D eigenvalue weighted by Crippen LogP contribution is 2.27. The molecule has 43 heavy (non-hydrogen) atoms. The Labute approximate surface area is 255 Å². The molecule has 0 spiro atoms. The smallest absolute Gasteiger partial charge is 0.253 e. The summed E-state index contributed by atoms with van der Waals surface area (Å²) < 4.78 is 12.2. The predicted octanol–water partition coefficient (Wildman–Crippen LogP) is 6.18. The lowest BCUT2D eigenvalue weighted by Gasteiger charge is -2.32. The Morgan fingerprint density at radius 2 is 1.65 bits per heavy atom. The molecular formula is C37H41N3O3. The first-order valence-electron chi connectivity index (χ1n) is 15.6. The highest BCUT2D eigenvalue weighted by Gasteiger charge is 2.24. The van der Waals surface area contributed by atoms with E-state index in [4.69, 9.17) is 9.47 Å². The van der Waals surface area contributed by atoms with Gasteiger partial charge >= 0.3 is 0 Å². The number of fused-ring (bicyclic) bond motifs is 3. The Kier molecular flexibility index (Phi) is 9.78. The number of pyridine rings is 1.